The summed E-state index contributed by atoms with van der Waals surface area (Å²) in [6, 6.07) is 14.4. The minimum atomic E-state index is -0.733. The van der Waals surface area contributed by atoms with Gasteiger partial charge in [-0.3, -0.25) is 9.69 Å². The van der Waals surface area contributed by atoms with Crippen molar-refractivity contribution in [1.82, 2.24) is 14.7 Å². The first kappa shape index (κ1) is 18.4. The van der Waals surface area contributed by atoms with E-state index in [1.54, 1.807) is 16.8 Å². The average Bonchev–Trinajstić information content (AvgIpc) is 3.30. The number of hydrogen-bond acceptors (Lipinski definition) is 3. The van der Waals surface area contributed by atoms with Gasteiger partial charge in [-0.2, -0.15) is 5.10 Å². The average molecular weight is 379 g/mol. The highest BCUT2D eigenvalue weighted by Gasteiger charge is 2.28. The number of nitrogens with zero attached hydrogens (tertiary/aromatic N) is 3. The molecule has 0 amide bonds. The molecule has 0 spiro atoms. The van der Waals surface area contributed by atoms with E-state index < -0.39 is 5.97 Å². The maximum Gasteiger partial charge on any atom is 0.307 e. The molecule has 0 aliphatic carbocycles. The molecule has 28 heavy (non-hydrogen) atoms. The number of rotatable bonds is 5. The van der Waals surface area contributed by atoms with Gasteiger partial charge in [0.1, 0.15) is 5.82 Å². The molecule has 2 heterocycles. The zero-order valence-electron chi connectivity index (χ0n) is 15.7. The maximum absolute atomic E-state index is 13.3. The van der Waals surface area contributed by atoms with Crippen LogP contribution >= 0.6 is 0 Å². The molecule has 5 nitrogen and oxygen atoms in total. The van der Waals surface area contributed by atoms with Crippen molar-refractivity contribution in [2.75, 3.05) is 13.1 Å². The van der Waals surface area contributed by atoms with Crippen LogP contribution in [0.2, 0.25) is 0 Å². The van der Waals surface area contributed by atoms with Crippen molar-refractivity contribution in [2.45, 2.75) is 19.9 Å². The van der Waals surface area contributed by atoms with Crippen molar-refractivity contribution < 1.29 is 14.3 Å². The lowest BCUT2D eigenvalue weighted by molar-refractivity contribution is -0.141. The van der Waals surface area contributed by atoms with Gasteiger partial charge in [0.2, 0.25) is 0 Å². The largest absolute Gasteiger partial charge is 0.481 e. The summed E-state index contributed by atoms with van der Waals surface area (Å²) in [5, 5.41) is 14.0. The van der Waals surface area contributed by atoms with Gasteiger partial charge in [0, 0.05) is 30.4 Å². The van der Waals surface area contributed by atoms with Gasteiger partial charge in [0.15, 0.2) is 0 Å². The lowest BCUT2D eigenvalue weighted by atomic mass is 10.1. The summed E-state index contributed by atoms with van der Waals surface area (Å²) in [5.41, 5.74) is 4.84. The van der Waals surface area contributed by atoms with Gasteiger partial charge in [-0.15, -0.1) is 0 Å². The second-order valence-corrected chi connectivity index (χ2v) is 7.35. The smallest absolute Gasteiger partial charge is 0.307 e. The lowest BCUT2D eigenvalue weighted by Crippen LogP contribution is -2.22. The van der Waals surface area contributed by atoms with Crippen molar-refractivity contribution in [1.29, 1.82) is 0 Å². The minimum Gasteiger partial charge on any atom is -0.481 e. The monoisotopic (exact) mass is 379 g/mol. The van der Waals surface area contributed by atoms with E-state index >= 15 is 0 Å². The highest BCUT2D eigenvalue weighted by molar-refractivity contribution is 5.70. The number of hydrogen-bond donors (Lipinski definition) is 1. The van der Waals surface area contributed by atoms with Gasteiger partial charge in [-0.25, -0.2) is 9.07 Å². The van der Waals surface area contributed by atoms with Gasteiger partial charge in [0.25, 0.3) is 0 Å². The molecule has 0 saturated carbocycles. The molecule has 1 fully saturated rings. The summed E-state index contributed by atoms with van der Waals surface area (Å²) in [6.07, 6.45) is 2.63. The Bertz CT molecular complexity index is 997. The van der Waals surface area contributed by atoms with Gasteiger partial charge in [-0.1, -0.05) is 23.8 Å². The van der Waals surface area contributed by atoms with E-state index in [9.17, 15) is 14.3 Å². The molecule has 1 N–H and O–H groups in total. The molecule has 144 valence electrons. The van der Waals surface area contributed by atoms with Crippen LogP contribution in [0.25, 0.3) is 16.9 Å². The van der Waals surface area contributed by atoms with Crippen LogP contribution in [-0.4, -0.2) is 38.8 Å². The van der Waals surface area contributed by atoms with Crippen LogP contribution in [-0.2, 0) is 11.3 Å². The van der Waals surface area contributed by atoms with Crippen molar-refractivity contribution in [3.8, 4) is 16.9 Å². The van der Waals surface area contributed by atoms with Gasteiger partial charge in [0.05, 0.1) is 17.3 Å². The van der Waals surface area contributed by atoms with E-state index in [1.165, 1.54) is 12.1 Å². The third kappa shape index (κ3) is 3.82. The predicted octanol–water partition coefficient (Wildman–Crippen LogP) is 3.89. The molecule has 0 radical (unpaired) electrons. The Labute approximate surface area is 163 Å². The molecular formula is C22H22FN3O2. The van der Waals surface area contributed by atoms with Crippen molar-refractivity contribution in [2.24, 2.45) is 5.92 Å². The zero-order valence-corrected chi connectivity index (χ0v) is 15.7. The van der Waals surface area contributed by atoms with E-state index in [-0.39, 0.29) is 11.7 Å². The van der Waals surface area contributed by atoms with E-state index in [4.69, 9.17) is 5.10 Å². The van der Waals surface area contributed by atoms with Crippen LogP contribution in [0.5, 0.6) is 0 Å². The fraction of sp³-hybridized carbons (Fsp3) is 0.273. The van der Waals surface area contributed by atoms with Crippen molar-refractivity contribution in [3.63, 3.8) is 0 Å². The summed E-state index contributed by atoms with van der Waals surface area (Å²) >= 11 is 0. The quantitative estimate of drug-likeness (QED) is 0.731. The summed E-state index contributed by atoms with van der Waals surface area (Å²) in [4.78, 5) is 13.4. The van der Waals surface area contributed by atoms with Crippen molar-refractivity contribution >= 4 is 5.97 Å². The van der Waals surface area contributed by atoms with Gasteiger partial charge < -0.3 is 5.11 Å². The van der Waals surface area contributed by atoms with E-state index in [0.717, 1.165) is 34.6 Å². The molecule has 6 heteroatoms. The van der Waals surface area contributed by atoms with E-state index in [1.807, 2.05) is 31.3 Å². The van der Waals surface area contributed by atoms with Gasteiger partial charge in [-0.05, 0) is 50.2 Å². The highest BCUT2D eigenvalue weighted by atomic mass is 19.1. The zero-order chi connectivity index (χ0) is 19.7. The second kappa shape index (κ2) is 7.56. The third-order valence-electron chi connectivity index (χ3n) is 5.19. The number of aryl methyl sites for hydroxylation is 1. The highest BCUT2D eigenvalue weighted by Crippen LogP contribution is 2.28. The standard InChI is InChI=1S/C22H22FN3O2/c1-15-3-2-4-16(11-15)21-18(13-25-10-9-17(12-25)22(27)28)14-26(24-21)20-7-5-19(23)6-8-20/h2-8,11,14,17H,9-10,12-13H2,1H3,(H,27,28). The van der Waals surface area contributed by atoms with Gasteiger partial charge >= 0.3 is 5.97 Å². The first-order valence-electron chi connectivity index (χ1n) is 9.36. The maximum atomic E-state index is 13.3. The molecule has 1 atom stereocenters. The number of aromatic nitrogens is 2. The summed E-state index contributed by atoms with van der Waals surface area (Å²) in [7, 11) is 0. The molecule has 0 bridgehead atoms. The SMILES string of the molecule is Cc1cccc(-c2nn(-c3ccc(F)cc3)cc2CN2CCC(C(=O)O)C2)c1. The number of carbonyl (C=O) groups is 1. The molecule has 1 saturated heterocycles. The molecule has 1 aliphatic heterocycles. The number of benzene rings is 2. The first-order valence-corrected chi connectivity index (χ1v) is 9.36. The number of carboxylic acids is 1. The van der Waals surface area contributed by atoms with Crippen LogP contribution in [0.1, 0.15) is 17.5 Å². The molecule has 1 unspecified atom stereocenters. The Morgan fingerprint density at radius 2 is 2.04 bits per heavy atom. The lowest BCUT2D eigenvalue weighted by Gasteiger charge is -2.15. The van der Waals surface area contributed by atoms with Crippen LogP contribution < -0.4 is 0 Å². The van der Waals surface area contributed by atoms with E-state index in [2.05, 4.69) is 11.0 Å². The van der Waals surface area contributed by atoms with Crippen molar-refractivity contribution in [3.05, 3.63) is 71.7 Å². The Morgan fingerprint density at radius 1 is 1.25 bits per heavy atom. The van der Waals surface area contributed by atoms with E-state index in [0.29, 0.717) is 19.5 Å². The summed E-state index contributed by atoms with van der Waals surface area (Å²) < 4.78 is 15.0. The fourth-order valence-corrected chi connectivity index (χ4v) is 3.71. The molecule has 1 aliphatic rings. The Balaban J connectivity index is 1.69. The Kier molecular flexibility index (Phi) is 4.96. The van der Waals surface area contributed by atoms with Crippen LogP contribution in [0.3, 0.4) is 0 Å². The molecular weight excluding hydrogens is 357 g/mol. The fourth-order valence-electron chi connectivity index (χ4n) is 3.71. The topological polar surface area (TPSA) is 58.4 Å². The van der Waals surface area contributed by atoms with Crippen LogP contribution in [0.15, 0.2) is 54.7 Å². The minimum absolute atomic E-state index is 0.285. The van der Waals surface area contributed by atoms with Crippen LogP contribution in [0, 0.1) is 18.7 Å². The summed E-state index contributed by atoms with van der Waals surface area (Å²) in [6.45, 7) is 3.97. The normalized spacial score (nSPS) is 17.1. The predicted molar refractivity (Wildman–Crippen MR) is 105 cm³/mol. The number of carboxylic acid groups (broad SMARTS) is 1. The molecule has 1 aromatic heterocycles. The molecule has 3 aromatic rings. The van der Waals surface area contributed by atoms with Crippen LogP contribution in [0.4, 0.5) is 4.39 Å². The summed E-state index contributed by atoms with van der Waals surface area (Å²) in [5.74, 6) is -1.33. The Morgan fingerprint density at radius 3 is 2.71 bits per heavy atom. The first-order chi connectivity index (χ1) is 13.5. The second-order valence-electron chi connectivity index (χ2n) is 7.35. The Hall–Kier alpha value is -2.99. The number of aliphatic carboxylic acids is 1. The molecule has 2 aromatic carbocycles. The molecule has 4 rings (SSSR count). The number of halogens is 1. The number of likely N-dealkylation sites (tertiary alicyclic amines) is 1. The third-order valence-corrected chi connectivity index (χ3v) is 5.19.